The SMILES string of the molecule is CN(C(=O)N[C@H]1CCCN(Cc2ccccc2)C1)[C@@H]1CCOC1. The summed E-state index contributed by atoms with van der Waals surface area (Å²) in [6.07, 6.45) is 3.13. The molecule has 0 unspecified atom stereocenters. The summed E-state index contributed by atoms with van der Waals surface area (Å²) in [7, 11) is 1.87. The molecule has 1 aromatic carbocycles. The molecule has 0 aliphatic carbocycles. The quantitative estimate of drug-likeness (QED) is 0.925. The summed E-state index contributed by atoms with van der Waals surface area (Å²) < 4.78 is 5.37. The van der Waals surface area contributed by atoms with Crippen LogP contribution in [-0.2, 0) is 11.3 Å². The second-order valence-electron chi connectivity index (χ2n) is 6.64. The topological polar surface area (TPSA) is 44.8 Å². The zero-order valence-corrected chi connectivity index (χ0v) is 13.9. The summed E-state index contributed by atoms with van der Waals surface area (Å²) in [6.45, 7) is 4.41. The Bertz CT molecular complexity index is 502. The maximum Gasteiger partial charge on any atom is 0.317 e. The van der Waals surface area contributed by atoms with Gasteiger partial charge in [0.2, 0.25) is 0 Å². The molecule has 3 rings (SSSR count). The maximum atomic E-state index is 12.4. The first-order chi connectivity index (χ1) is 11.2. The fourth-order valence-electron chi connectivity index (χ4n) is 3.43. The number of carbonyl (C=O) groups is 1. The highest BCUT2D eigenvalue weighted by Crippen LogP contribution is 2.15. The summed E-state index contributed by atoms with van der Waals surface area (Å²) in [4.78, 5) is 16.6. The molecule has 0 bridgehead atoms. The Labute approximate surface area is 138 Å². The Hall–Kier alpha value is -1.59. The van der Waals surface area contributed by atoms with Gasteiger partial charge in [-0.05, 0) is 31.4 Å². The lowest BCUT2D eigenvalue weighted by atomic mass is 10.0. The molecule has 23 heavy (non-hydrogen) atoms. The second kappa shape index (κ2) is 7.79. The monoisotopic (exact) mass is 317 g/mol. The zero-order chi connectivity index (χ0) is 16.1. The molecule has 2 aliphatic heterocycles. The third-order valence-electron chi connectivity index (χ3n) is 4.86. The van der Waals surface area contributed by atoms with Gasteiger partial charge in [-0.15, -0.1) is 0 Å². The third-order valence-corrected chi connectivity index (χ3v) is 4.86. The number of amides is 2. The fourth-order valence-corrected chi connectivity index (χ4v) is 3.43. The lowest BCUT2D eigenvalue weighted by Crippen LogP contribution is -2.52. The van der Waals surface area contributed by atoms with Gasteiger partial charge < -0.3 is 15.0 Å². The van der Waals surface area contributed by atoms with Crippen LogP contribution in [-0.4, -0.2) is 61.3 Å². The van der Waals surface area contributed by atoms with Crippen molar-refractivity contribution < 1.29 is 9.53 Å². The van der Waals surface area contributed by atoms with Crippen LogP contribution in [0.1, 0.15) is 24.8 Å². The first-order valence-electron chi connectivity index (χ1n) is 8.60. The van der Waals surface area contributed by atoms with Crippen LogP contribution in [0.3, 0.4) is 0 Å². The summed E-state index contributed by atoms with van der Waals surface area (Å²) in [5.74, 6) is 0. The molecular weight excluding hydrogens is 290 g/mol. The highest BCUT2D eigenvalue weighted by molar-refractivity contribution is 5.74. The molecule has 2 aliphatic rings. The van der Waals surface area contributed by atoms with Crippen LogP contribution in [0.2, 0.25) is 0 Å². The van der Waals surface area contributed by atoms with Crippen molar-refractivity contribution in [3.63, 3.8) is 0 Å². The van der Waals surface area contributed by atoms with Crippen molar-refractivity contribution in [3.8, 4) is 0 Å². The minimum Gasteiger partial charge on any atom is -0.379 e. The number of carbonyl (C=O) groups excluding carboxylic acids is 1. The number of piperidine rings is 1. The van der Waals surface area contributed by atoms with Gasteiger partial charge in [0, 0.05) is 32.8 Å². The normalized spacial score (nSPS) is 25.3. The van der Waals surface area contributed by atoms with E-state index in [1.807, 2.05) is 18.0 Å². The van der Waals surface area contributed by atoms with Gasteiger partial charge in [0.25, 0.3) is 0 Å². The zero-order valence-electron chi connectivity index (χ0n) is 13.9. The minimum absolute atomic E-state index is 0.0343. The molecule has 2 heterocycles. The second-order valence-corrected chi connectivity index (χ2v) is 6.64. The molecule has 2 atom stereocenters. The highest BCUT2D eigenvalue weighted by atomic mass is 16.5. The Morgan fingerprint density at radius 3 is 2.91 bits per heavy atom. The molecule has 2 fully saturated rings. The van der Waals surface area contributed by atoms with E-state index in [2.05, 4.69) is 34.5 Å². The van der Waals surface area contributed by atoms with E-state index in [9.17, 15) is 4.79 Å². The fraction of sp³-hybridized carbons (Fsp3) is 0.611. The van der Waals surface area contributed by atoms with E-state index in [1.54, 1.807) is 0 Å². The number of urea groups is 1. The predicted molar refractivity (Wildman–Crippen MR) is 90.3 cm³/mol. The van der Waals surface area contributed by atoms with Crippen LogP contribution in [0.4, 0.5) is 4.79 Å². The smallest absolute Gasteiger partial charge is 0.317 e. The third kappa shape index (κ3) is 4.45. The lowest BCUT2D eigenvalue weighted by Gasteiger charge is -2.34. The Morgan fingerprint density at radius 1 is 1.35 bits per heavy atom. The number of hydrogen-bond acceptors (Lipinski definition) is 3. The molecular formula is C18H27N3O2. The molecule has 0 radical (unpaired) electrons. The largest absolute Gasteiger partial charge is 0.379 e. The summed E-state index contributed by atoms with van der Waals surface area (Å²) in [5, 5.41) is 3.20. The molecule has 2 amide bonds. The minimum atomic E-state index is 0.0343. The van der Waals surface area contributed by atoms with Crippen LogP contribution >= 0.6 is 0 Å². The van der Waals surface area contributed by atoms with E-state index in [0.717, 1.165) is 45.5 Å². The van der Waals surface area contributed by atoms with Gasteiger partial charge in [-0.25, -0.2) is 4.79 Å². The van der Waals surface area contributed by atoms with Gasteiger partial charge in [0.1, 0.15) is 0 Å². The Balaban J connectivity index is 1.49. The van der Waals surface area contributed by atoms with Crippen molar-refractivity contribution in [2.75, 3.05) is 33.4 Å². The summed E-state index contributed by atoms with van der Waals surface area (Å²) in [5.41, 5.74) is 1.33. The average Bonchev–Trinajstić information content (AvgIpc) is 3.10. The first kappa shape index (κ1) is 16.3. The number of hydrogen-bond donors (Lipinski definition) is 1. The molecule has 0 spiro atoms. The van der Waals surface area contributed by atoms with E-state index < -0.39 is 0 Å². The van der Waals surface area contributed by atoms with Crippen LogP contribution in [0.15, 0.2) is 30.3 Å². The van der Waals surface area contributed by atoms with Gasteiger partial charge in [-0.3, -0.25) is 4.90 Å². The predicted octanol–water partition coefficient (Wildman–Crippen LogP) is 2.08. The van der Waals surface area contributed by atoms with Crippen LogP contribution in [0.5, 0.6) is 0 Å². The molecule has 126 valence electrons. The summed E-state index contributed by atoms with van der Waals surface area (Å²) >= 11 is 0. The summed E-state index contributed by atoms with van der Waals surface area (Å²) in [6, 6.07) is 11.0. The highest BCUT2D eigenvalue weighted by Gasteiger charge is 2.27. The van der Waals surface area contributed by atoms with Crippen LogP contribution in [0, 0.1) is 0 Å². The van der Waals surface area contributed by atoms with E-state index in [4.69, 9.17) is 4.74 Å². The molecule has 1 N–H and O–H groups in total. The van der Waals surface area contributed by atoms with E-state index in [-0.39, 0.29) is 18.1 Å². The Kier molecular flexibility index (Phi) is 5.51. The molecule has 2 saturated heterocycles. The number of rotatable bonds is 4. The number of nitrogens with zero attached hydrogens (tertiary/aromatic N) is 2. The van der Waals surface area contributed by atoms with Crippen molar-refractivity contribution in [1.82, 2.24) is 15.1 Å². The number of likely N-dealkylation sites (N-methyl/N-ethyl adjacent to an activating group) is 1. The number of ether oxygens (including phenoxy) is 1. The molecule has 0 saturated carbocycles. The lowest BCUT2D eigenvalue weighted by molar-refractivity contribution is 0.146. The Morgan fingerprint density at radius 2 is 2.17 bits per heavy atom. The number of nitrogens with one attached hydrogen (secondary N) is 1. The van der Waals surface area contributed by atoms with Crippen LogP contribution in [0.25, 0.3) is 0 Å². The van der Waals surface area contributed by atoms with Crippen molar-refractivity contribution >= 4 is 6.03 Å². The van der Waals surface area contributed by atoms with Gasteiger partial charge in [-0.2, -0.15) is 0 Å². The van der Waals surface area contributed by atoms with Crippen molar-refractivity contribution in [1.29, 1.82) is 0 Å². The molecule has 1 aromatic rings. The van der Waals surface area contributed by atoms with E-state index in [1.165, 1.54) is 5.56 Å². The van der Waals surface area contributed by atoms with Gasteiger partial charge in [0.15, 0.2) is 0 Å². The maximum absolute atomic E-state index is 12.4. The van der Waals surface area contributed by atoms with Crippen molar-refractivity contribution in [2.24, 2.45) is 0 Å². The molecule has 0 aromatic heterocycles. The number of likely N-dealkylation sites (tertiary alicyclic amines) is 1. The number of benzene rings is 1. The molecule has 5 nitrogen and oxygen atoms in total. The van der Waals surface area contributed by atoms with Gasteiger partial charge in [-0.1, -0.05) is 30.3 Å². The van der Waals surface area contributed by atoms with Gasteiger partial charge in [0.05, 0.1) is 12.6 Å². The van der Waals surface area contributed by atoms with E-state index >= 15 is 0 Å². The van der Waals surface area contributed by atoms with Crippen molar-refractivity contribution in [3.05, 3.63) is 35.9 Å². The van der Waals surface area contributed by atoms with E-state index in [0.29, 0.717) is 6.61 Å². The standard InChI is InChI=1S/C18H27N3O2/c1-20(17-9-11-23-14-17)18(22)19-16-8-5-10-21(13-16)12-15-6-3-2-4-7-15/h2-4,6-7,16-17H,5,8-14H2,1H3,(H,19,22)/t16-,17+/m0/s1. The first-order valence-corrected chi connectivity index (χ1v) is 8.60. The van der Waals surface area contributed by atoms with Crippen molar-refractivity contribution in [2.45, 2.75) is 37.9 Å². The van der Waals surface area contributed by atoms with Gasteiger partial charge >= 0.3 is 6.03 Å². The van der Waals surface area contributed by atoms with Crippen LogP contribution < -0.4 is 5.32 Å². The molecule has 5 heteroatoms. The average molecular weight is 317 g/mol.